The van der Waals surface area contributed by atoms with E-state index in [-0.39, 0.29) is 18.4 Å². The minimum atomic E-state index is -0.796. The van der Waals surface area contributed by atoms with E-state index in [1.165, 1.54) is 12.1 Å². The summed E-state index contributed by atoms with van der Waals surface area (Å²) in [6, 6.07) is 7.91. The SMILES string of the molecule is O=C1Cc2cc(NCC(=O)N3CCN(c4cc(F)c(Cl)c(F)c4)CC3)ccc2N1. The molecule has 0 aliphatic carbocycles. The molecule has 6 nitrogen and oxygen atoms in total. The Morgan fingerprint density at radius 1 is 1.10 bits per heavy atom. The largest absolute Gasteiger partial charge is 0.376 e. The van der Waals surface area contributed by atoms with Crippen LogP contribution in [0.5, 0.6) is 0 Å². The molecule has 2 aromatic carbocycles. The zero-order valence-electron chi connectivity index (χ0n) is 15.5. The second-order valence-electron chi connectivity index (χ2n) is 7.04. The van der Waals surface area contributed by atoms with Crippen LogP contribution in [-0.2, 0) is 16.0 Å². The van der Waals surface area contributed by atoms with E-state index in [2.05, 4.69) is 10.6 Å². The number of carbonyl (C=O) groups excluding carboxylic acids is 2. The highest BCUT2D eigenvalue weighted by atomic mass is 35.5. The van der Waals surface area contributed by atoms with E-state index in [0.717, 1.165) is 16.9 Å². The second kappa shape index (κ2) is 7.87. The van der Waals surface area contributed by atoms with Crippen molar-refractivity contribution in [3.63, 3.8) is 0 Å². The van der Waals surface area contributed by atoms with Gasteiger partial charge in [0.25, 0.3) is 0 Å². The summed E-state index contributed by atoms with van der Waals surface area (Å²) in [7, 11) is 0. The Bertz CT molecular complexity index is 954. The Labute approximate surface area is 171 Å². The van der Waals surface area contributed by atoms with Crippen molar-refractivity contribution >= 4 is 40.5 Å². The van der Waals surface area contributed by atoms with Gasteiger partial charge in [0.05, 0.1) is 13.0 Å². The average Bonchev–Trinajstić information content (AvgIpc) is 3.09. The van der Waals surface area contributed by atoms with Crippen LogP contribution in [0, 0.1) is 11.6 Å². The number of amides is 2. The minimum absolute atomic E-state index is 0.0356. The number of fused-ring (bicyclic) bond motifs is 1. The van der Waals surface area contributed by atoms with Crippen molar-refractivity contribution in [2.75, 3.05) is 48.3 Å². The van der Waals surface area contributed by atoms with Crippen molar-refractivity contribution in [2.45, 2.75) is 6.42 Å². The summed E-state index contributed by atoms with van der Waals surface area (Å²) >= 11 is 5.53. The van der Waals surface area contributed by atoms with Crippen molar-refractivity contribution in [3.05, 3.63) is 52.6 Å². The number of nitrogens with zero attached hydrogens (tertiary/aromatic N) is 2. The molecule has 1 fully saturated rings. The van der Waals surface area contributed by atoms with Crippen LogP contribution < -0.4 is 15.5 Å². The van der Waals surface area contributed by atoms with Gasteiger partial charge in [0.15, 0.2) is 0 Å². The van der Waals surface area contributed by atoms with Crippen LogP contribution in [-0.4, -0.2) is 49.4 Å². The lowest BCUT2D eigenvalue weighted by atomic mass is 10.1. The minimum Gasteiger partial charge on any atom is -0.376 e. The van der Waals surface area contributed by atoms with Crippen LogP contribution in [0.3, 0.4) is 0 Å². The lowest BCUT2D eigenvalue weighted by molar-refractivity contribution is -0.129. The van der Waals surface area contributed by atoms with Gasteiger partial charge in [-0.15, -0.1) is 0 Å². The Morgan fingerprint density at radius 3 is 2.48 bits per heavy atom. The first-order chi connectivity index (χ1) is 13.9. The average molecular weight is 421 g/mol. The summed E-state index contributed by atoms with van der Waals surface area (Å²) < 4.78 is 27.3. The van der Waals surface area contributed by atoms with Gasteiger partial charge < -0.3 is 20.4 Å². The highest BCUT2D eigenvalue weighted by molar-refractivity contribution is 6.31. The number of hydrogen-bond acceptors (Lipinski definition) is 4. The molecule has 2 amide bonds. The number of anilines is 3. The first-order valence-electron chi connectivity index (χ1n) is 9.24. The van der Waals surface area contributed by atoms with E-state index < -0.39 is 16.7 Å². The first-order valence-corrected chi connectivity index (χ1v) is 9.62. The first kappa shape index (κ1) is 19.4. The van der Waals surface area contributed by atoms with Gasteiger partial charge in [-0.3, -0.25) is 9.59 Å². The van der Waals surface area contributed by atoms with Crippen molar-refractivity contribution in [1.29, 1.82) is 0 Å². The van der Waals surface area contributed by atoms with Crippen LogP contribution in [0.4, 0.5) is 25.8 Å². The monoisotopic (exact) mass is 420 g/mol. The van der Waals surface area contributed by atoms with E-state index in [1.54, 1.807) is 4.90 Å². The Balaban J connectivity index is 1.30. The highest BCUT2D eigenvalue weighted by Gasteiger charge is 2.23. The number of benzene rings is 2. The third kappa shape index (κ3) is 4.12. The second-order valence-corrected chi connectivity index (χ2v) is 7.42. The van der Waals surface area contributed by atoms with Gasteiger partial charge in [0.2, 0.25) is 11.8 Å². The van der Waals surface area contributed by atoms with Gasteiger partial charge in [-0.05, 0) is 35.9 Å². The van der Waals surface area contributed by atoms with Crippen molar-refractivity contribution in [2.24, 2.45) is 0 Å². The normalized spacial score (nSPS) is 15.9. The Hall–Kier alpha value is -2.87. The van der Waals surface area contributed by atoms with Crippen LogP contribution >= 0.6 is 11.6 Å². The van der Waals surface area contributed by atoms with Gasteiger partial charge in [-0.2, -0.15) is 0 Å². The van der Waals surface area contributed by atoms with Gasteiger partial charge in [-0.1, -0.05) is 11.6 Å². The number of halogens is 3. The molecular weight excluding hydrogens is 402 g/mol. The zero-order chi connectivity index (χ0) is 20.5. The number of carbonyl (C=O) groups is 2. The molecule has 0 spiro atoms. The molecule has 4 rings (SSSR count). The van der Waals surface area contributed by atoms with Crippen molar-refractivity contribution < 1.29 is 18.4 Å². The summed E-state index contributed by atoms with van der Waals surface area (Å²) in [4.78, 5) is 27.5. The van der Waals surface area contributed by atoms with Crippen LogP contribution in [0.15, 0.2) is 30.3 Å². The fourth-order valence-corrected chi connectivity index (χ4v) is 3.68. The molecule has 2 heterocycles. The predicted octanol–water partition coefficient (Wildman–Crippen LogP) is 2.87. The molecule has 9 heteroatoms. The topological polar surface area (TPSA) is 64.7 Å². The summed E-state index contributed by atoms with van der Waals surface area (Å²) in [6.07, 6.45) is 0.340. The summed E-state index contributed by atoms with van der Waals surface area (Å²) in [5, 5.41) is 5.35. The molecule has 1 saturated heterocycles. The molecule has 0 bridgehead atoms. The van der Waals surface area contributed by atoms with E-state index >= 15 is 0 Å². The Kier molecular flexibility index (Phi) is 5.27. The molecule has 2 aliphatic rings. The molecule has 0 unspecified atom stereocenters. The number of hydrogen-bond donors (Lipinski definition) is 2. The lowest BCUT2D eigenvalue weighted by Crippen LogP contribution is -2.50. The quantitative estimate of drug-likeness (QED) is 0.746. The number of nitrogens with one attached hydrogen (secondary N) is 2. The van der Waals surface area contributed by atoms with Gasteiger partial charge in [-0.25, -0.2) is 8.78 Å². The lowest BCUT2D eigenvalue weighted by Gasteiger charge is -2.36. The fourth-order valence-electron chi connectivity index (χ4n) is 3.57. The summed E-state index contributed by atoms with van der Waals surface area (Å²) in [5.41, 5.74) is 2.90. The summed E-state index contributed by atoms with van der Waals surface area (Å²) in [5.74, 6) is -1.69. The van der Waals surface area contributed by atoms with Crippen LogP contribution in [0.25, 0.3) is 0 Å². The standard InChI is InChI=1S/C20H19ClF2N4O2/c21-20-15(22)9-14(10-16(20)23)26-3-5-27(6-4-26)19(29)11-24-13-1-2-17-12(7-13)8-18(28)25-17/h1-2,7,9-10,24H,3-6,8,11H2,(H,25,28). The Morgan fingerprint density at radius 2 is 1.79 bits per heavy atom. The molecule has 0 saturated carbocycles. The van der Waals surface area contributed by atoms with Gasteiger partial charge in [0.1, 0.15) is 16.7 Å². The number of piperazine rings is 1. The molecule has 2 aromatic rings. The van der Waals surface area contributed by atoms with Crippen molar-refractivity contribution in [1.82, 2.24) is 4.90 Å². The molecular formula is C20H19ClF2N4O2. The molecule has 0 aromatic heterocycles. The smallest absolute Gasteiger partial charge is 0.241 e. The van der Waals surface area contributed by atoms with Crippen LogP contribution in [0.2, 0.25) is 5.02 Å². The molecule has 2 N–H and O–H groups in total. The molecule has 2 aliphatic heterocycles. The fraction of sp³-hybridized carbons (Fsp3) is 0.300. The van der Waals surface area contributed by atoms with Crippen LogP contribution in [0.1, 0.15) is 5.56 Å². The van der Waals surface area contributed by atoms with E-state index in [9.17, 15) is 18.4 Å². The molecule has 152 valence electrons. The van der Waals surface area contributed by atoms with Gasteiger partial charge >= 0.3 is 0 Å². The van der Waals surface area contributed by atoms with Crippen molar-refractivity contribution in [3.8, 4) is 0 Å². The molecule has 0 radical (unpaired) electrons. The van der Waals surface area contributed by atoms with E-state index in [0.29, 0.717) is 38.3 Å². The predicted molar refractivity (Wildman–Crippen MR) is 107 cm³/mol. The highest BCUT2D eigenvalue weighted by Crippen LogP contribution is 2.27. The van der Waals surface area contributed by atoms with Gasteiger partial charge in [0, 0.05) is 43.2 Å². The third-order valence-electron chi connectivity index (χ3n) is 5.14. The molecule has 29 heavy (non-hydrogen) atoms. The summed E-state index contributed by atoms with van der Waals surface area (Å²) in [6.45, 7) is 1.98. The number of rotatable bonds is 4. The third-order valence-corrected chi connectivity index (χ3v) is 5.50. The maximum atomic E-state index is 13.7. The molecule has 0 atom stereocenters. The maximum Gasteiger partial charge on any atom is 0.241 e. The maximum absolute atomic E-state index is 13.7. The zero-order valence-corrected chi connectivity index (χ0v) is 16.2. The van der Waals surface area contributed by atoms with E-state index in [1.807, 2.05) is 23.1 Å². The van der Waals surface area contributed by atoms with E-state index in [4.69, 9.17) is 11.6 Å².